The summed E-state index contributed by atoms with van der Waals surface area (Å²) in [6.07, 6.45) is 5.68. The van der Waals surface area contributed by atoms with Crippen LogP contribution in [0, 0.1) is 0 Å². The van der Waals surface area contributed by atoms with E-state index in [1.807, 2.05) is 19.2 Å². The number of hydrogen-bond donors (Lipinski definition) is 2. The average Bonchev–Trinajstić information content (AvgIpc) is 2.36. The molecule has 0 radical (unpaired) electrons. The van der Waals surface area contributed by atoms with Crippen LogP contribution in [0.5, 0.6) is 0 Å². The highest BCUT2D eigenvalue weighted by Gasteiger charge is 2.08. The van der Waals surface area contributed by atoms with Gasteiger partial charge in [-0.3, -0.25) is 4.98 Å². The molecule has 0 amide bonds. The van der Waals surface area contributed by atoms with Gasteiger partial charge >= 0.3 is 0 Å². The largest absolute Gasteiger partial charge is 0.320 e. The number of rotatable bonds is 9. The Morgan fingerprint density at radius 2 is 2.11 bits per heavy atom. The molecule has 0 fully saturated rings. The van der Waals surface area contributed by atoms with Crippen molar-refractivity contribution in [2.75, 3.05) is 25.9 Å². The molecule has 0 bridgehead atoms. The van der Waals surface area contributed by atoms with Crippen LogP contribution in [0.25, 0.3) is 0 Å². The number of aromatic nitrogens is 1. The summed E-state index contributed by atoms with van der Waals surface area (Å²) in [5.41, 5.74) is 1.04. The molecule has 0 saturated carbocycles. The second-order valence-electron chi connectivity index (χ2n) is 4.14. The number of pyridine rings is 1. The molecule has 0 atom stereocenters. The fourth-order valence-electron chi connectivity index (χ4n) is 1.56. The summed E-state index contributed by atoms with van der Waals surface area (Å²) in [6, 6.07) is 3.79. The lowest BCUT2D eigenvalue weighted by Crippen LogP contribution is -2.28. The first-order valence-electron chi connectivity index (χ1n) is 6.15. The van der Waals surface area contributed by atoms with E-state index in [-0.39, 0.29) is 5.75 Å². The van der Waals surface area contributed by atoms with Crippen molar-refractivity contribution in [3.8, 4) is 0 Å². The van der Waals surface area contributed by atoms with Crippen LogP contribution in [0.3, 0.4) is 0 Å². The zero-order valence-electron chi connectivity index (χ0n) is 10.7. The number of hydrogen-bond acceptors (Lipinski definition) is 4. The van der Waals surface area contributed by atoms with Crippen LogP contribution >= 0.6 is 0 Å². The molecule has 1 aromatic heterocycles. The van der Waals surface area contributed by atoms with E-state index >= 15 is 0 Å². The van der Waals surface area contributed by atoms with Gasteiger partial charge in [0.1, 0.15) is 0 Å². The molecule has 1 rings (SSSR count). The number of unbranched alkanes of at least 4 members (excludes halogenated alkanes) is 1. The van der Waals surface area contributed by atoms with Gasteiger partial charge in [0.2, 0.25) is 10.0 Å². The first kappa shape index (κ1) is 15.1. The highest BCUT2D eigenvalue weighted by molar-refractivity contribution is 7.89. The van der Waals surface area contributed by atoms with E-state index in [0.29, 0.717) is 19.4 Å². The van der Waals surface area contributed by atoms with Crippen molar-refractivity contribution in [3.63, 3.8) is 0 Å². The molecule has 0 aliphatic rings. The predicted molar refractivity (Wildman–Crippen MR) is 72.9 cm³/mol. The Morgan fingerprint density at radius 3 is 2.78 bits per heavy atom. The number of sulfonamides is 1. The minimum atomic E-state index is -3.13. The van der Waals surface area contributed by atoms with Crippen molar-refractivity contribution in [1.82, 2.24) is 15.0 Å². The van der Waals surface area contributed by atoms with Crippen molar-refractivity contribution < 1.29 is 8.42 Å². The zero-order valence-corrected chi connectivity index (χ0v) is 11.5. The Labute approximate surface area is 109 Å². The molecule has 0 spiro atoms. The Hall–Kier alpha value is -0.980. The van der Waals surface area contributed by atoms with Crippen LogP contribution in [0.2, 0.25) is 0 Å². The van der Waals surface area contributed by atoms with Gasteiger partial charge in [-0.1, -0.05) is 6.07 Å². The molecular formula is C12H21N3O2S. The quantitative estimate of drug-likeness (QED) is 0.643. The highest BCUT2D eigenvalue weighted by Crippen LogP contribution is 1.98. The summed E-state index contributed by atoms with van der Waals surface area (Å²) in [6.45, 7) is 1.28. The smallest absolute Gasteiger partial charge is 0.211 e. The maximum Gasteiger partial charge on any atom is 0.211 e. The Bertz CT molecular complexity index is 420. The normalized spacial score (nSPS) is 11.6. The van der Waals surface area contributed by atoms with Crippen LogP contribution in [0.4, 0.5) is 0 Å². The van der Waals surface area contributed by atoms with Gasteiger partial charge in [-0.2, -0.15) is 0 Å². The van der Waals surface area contributed by atoms with Gasteiger partial charge in [0.15, 0.2) is 0 Å². The molecule has 1 aromatic rings. The summed E-state index contributed by atoms with van der Waals surface area (Å²) >= 11 is 0. The summed E-state index contributed by atoms with van der Waals surface area (Å²) < 4.78 is 25.9. The van der Waals surface area contributed by atoms with E-state index in [2.05, 4.69) is 15.0 Å². The van der Waals surface area contributed by atoms with Crippen molar-refractivity contribution in [3.05, 3.63) is 30.1 Å². The van der Waals surface area contributed by atoms with E-state index in [1.54, 1.807) is 12.4 Å². The van der Waals surface area contributed by atoms with Crippen LogP contribution in [-0.2, 0) is 16.4 Å². The van der Waals surface area contributed by atoms with Crippen LogP contribution in [-0.4, -0.2) is 39.3 Å². The molecular weight excluding hydrogens is 250 g/mol. The van der Waals surface area contributed by atoms with Gasteiger partial charge in [-0.05, 0) is 44.5 Å². The molecule has 0 aliphatic heterocycles. The van der Waals surface area contributed by atoms with Crippen LogP contribution in [0.1, 0.15) is 18.4 Å². The molecule has 0 saturated heterocycles. The van der Waals surface area contributed by atoms with Crippen molar-refractivity contribution in [1.29, 1.82) is 0 Å². The predicted octanol–water partition coefficient (Wildman–Crippen LogP) is 0.543. The summed E-state index contributed by atoms with van der Waals surface area (Å²) in [7, 11) is -1.27. The lowest BCUT2D eigenvalue weighted by molar-refractivity contribution is 0.576. The van der Waals surface area contributed by atoms with Crippen LogP contribution < -0.4 is 10.0 Å². The van der Waals surface area contributed by atoms with E-state index in [0.717, 1.165) is 18.5 Å². The maximum absolute atomic E-state index is 11.6. The van der Waals surface area contributed by atoms with E-state index in [1.165, 1.54) is 0 Å². The van der Waals surface area contributed by atoms with Gasteiger partial charge in [0.05, 0.1) is 5.75 Å². The number of nitrogens with one attached hydrogen (secondary N) is 2. The minimum Gasteiger partial charge on any atom is -0.320 e. The maximum atomic E-state index is 11.6. The van der Waals surface area contributed by atoms with E-state index in [4.69, 9.17) is 0 Å². The van der Waals surface area contributed by atoms with Crippen molar-refractivity contribution >= 4 is 10.0 Å². The zero-order chi connectivity index (χ0) is 13.3. The standard InChI is InChI=1S/C12H21N3O2S/c1-13-7-2-3-10-18(16,17)15-9-6-12-5-4-8-14-11-12/h4-5,8,11,13,15H,2-3,6-7,9-10H2,1H3. The van der Waals surface area contributed by atoms with Crippen molar-refractivity contribution in [2.45, 2.75) is 19.3 Å². The Kier molecular flexibility index (Phi) is 6.85. The van der Waals surface area contributed by atoms with Gasteiger partial charge in [0.25, 0.3) is 0 Å². The highest BCUT2D eigenvalue weighted by atomic mass is 32.2. The third kappa shape index (κ3) is 6.68. The summed E-state index contributed by atoms with van der Waals surface area (Å²) in [4.78, 5) is 3.99. The fourth-order valence-corrected chi connectivity index (χ4v) is 2.70. The molecule has 6 heteroatoms. The summed E-state index contributed by atoms with van der Waals surface area (Å²) in [5.74, 6) is 0.196. The molecule has 2 N–H and O–H groups in total. The molecule has 0 aromatic carbocycles. The second kappa shape index (κ2) is 8.18. The molecule has 0 unspecified atom stereocenters. The summed E-state index contributed by atoms with van der Waals surface area (Å²) in [5, 5.41) is 3.00. The number of nitrogens with zero attached hydrogens (tertiary/aromatic N) is 1. The third-order valence-electron chi connectivity index (χ3n) is 2.55. The monoisotopic (exact) mass is 271 g/mol. The van der Waals surface area contributed by atoms with E-state index in [9.17, 15) is 8.42 Å². The lowest BCUT2D eigenvalue weighted by atomic mass is 10.2. The van der Waals surface area contributed by atoms with Gasteiger partial charge in [-0.25, -0.2) is 13.1 Å². The first-order chi connectivity index (χ1) is 8.64. The second-order valence-corrected chi connectivity index (χ2v) is 6.06. The molecule has 1 heterocycles. The van der Waals surface area contributed by atoms with Gasteiger partial charge in [0, 0.05) is 18.9 Å². The van der Waals surface area contributed by atoms with Gasteiger partial charge in [-0.15, -0.1) is 0 Å². The fraction of sp³-hybridized carbons (Fsp3) is 0.583. The Morgan fingerprint density at radius 1 is 1.28 bits per heavy atom. The van der Waals surface area contributed by atoms with Crippen LogP contribution in [0.15, 0.2) is 24.5 Å². The third-order valence-corrected chi connectivity index (χ3v) is 4.02. The van der Waals surface area contributed by atoms with Gasteiger partial charge < -0.3 is 5.32 Å². The van der Waals surface area contributed by atoms with Crippen molar-refractivity contribution in [2.24, 2.45) is 0 Å². The molecule has 5 nitrogen and oxygen atoms in total. The van der Waals surface area contributed by atoms with E-state index < -0.39 is 10.0 Å². The SMILES string of the molecule is CNCCCCS(=O)(=O)NCCc1cccnc1. The molecule has 18 heavy (non-hydrogen) atoms. The molecule has 102 valence electrons. The Balaban J connectivity index is 2.21. The lowest BCUT2D eigenvalue weighted by Gasteiger charge is -2.06. The first-order valence-corrected chi connectivity index (χ1v) is 7.80. The average molecular weight is 271 g/mol. The minimum absolute atomic E-state index is 0.196. The molecule has 0 aliphatic carbocycles. The topological polar surface area (TPSA) is 71.1 Å².